The molecule has 1 heterocycles. The molecule has 0 saturated carbocycles. The van der Waals surface area contributed by atoms with Gasteiger partial charge in [-0.2, -0.15) is 5.26 Å². The molecule has 0 amide bonds. The second kappa shape index (κ2) is 2.18. The van der Waals surface area contributed by atoms with Crippen LogP contribution in [-0.4, -0.2) is 12.6 Å². The van der Waals surface area contributed by atoms with Gasteiger partial charge in [-0.25, -0.2) is 0 Å². The summed E-state index contributed by atoms with van der Waals surface area (Å²) in [6.45, 7) is 5.18. The van der Waals surface area contributed by atoms with E-state index in [1.54, 1.807) is 6.92 Å². The molecule has 1 aliphatic rings. The maximum absolute atomic E-state index is 8.25. The van der Waals surface area contributed by atoms with E-state index < -0.39 is 6.29 Å². The molecule has 0 spiro atoms. The molecule has 0 aromatic heterocycles. The molecule has 0 aromatic carbocycles. The summed E-state index contributed by atoms with van der Waals surface area (Å²) in [7, 11) is 0. The van der Waals surface area contributed by atoms with Crippen molar-refractivity contribution in [3.05, 3.63) is 12.2 Å². The van der Waals surface area contributed by atoms with E-state index in [9.17, 15) is 0 Å². The van der Waals surface area contributed by atoms with Gasteiger partial charge in [0, 0.05) is 0 Å². The Kier molecular flexibility index (Phi) is 1.52. The first-order chi connectivity index (χ1) is 4.24. The van der Waals surface area contributed by atoms with Crippen LogP contribution in [0.25, 0.3) is 0 Å². The van der Waals surface area contributed by atoms with Crippen molar-refractivity contribution in [3.63, 3.8) is 0 Å². The van der Waals surface area contributed by atoms with Gasteiger partial charge < -0.3 is 9.47 Å². The lowest BCUT2D eigenvalue weighted by Gasteiger charge is -2.32. The van der Waals surface area contributed by atoms with E-state index in [2.05, 4.69) is 6.58 Å². The summed E-state index contributed by atoms with van der Waals surface area (Å²) in [6.07, 6.45) is -0.662. The largest absolute Gasteiger partial charge is 0.319 e. The highest BCUT2D eigenvalue weighted by Gasteiger charge is 2.28. The fourth-order valence-electron chi connectivity index (χ4n) is 0.575. The average Bonchev–Trinajstić information content (AvgIpc) is 1.79. The van der Waals surface area contributed by atoms with E-state index in [1.807, 2.05) is 6.07 Å². The summed E-state index contributed by atoms with van der Waals surface area (Å²) in [5.74, 6) is 0. The van der Waals surface area contributed by atoms with Crippen molar-refractivity contribution in [2.24, 2.45) is 0 Å². The maximum Gasteiger partial charge on any atom is 0.198 e. The molecule has 0 N–H and O–H groups in total. The third kappa shape index (κ3) is 1.10. The zero-order valence-corrected chi connectivity index (χ0v) is 5.13. The second-order valence-corrected chi connectivity index (χ2v) is 1.81. The van der Waals surface area contributed by atoms with Crippen molar-refractivity contribution in [3.8, 4) is 6.07 Å². The molecule has 3 nitrogen and oxygen atoms in total. The number of rotatable bonds is 1. The van der Waals surface area contributed by atoms with Crippen molar-refractivity contribution in [2.75, 3.05) is 0 Å². The Morgan fingerprint density at radius 3 is 2.56 bits per heavy atom. The van der Waals surface area contributed by atoms with Gasteiger partial charge in [0.15, 0.2) is 12.6 Å². The predicted octanol–water partition coefficient (Wildman–Crippen LogP) is 0.785. The lowest BCUT2D eigenvalue weighted by molar-refractivity contribution is -0.357. The molecule has 1 aliphatic heterocycles. The van der Waals surface area contributed by atoms with Crippen molar-refractivity contribution in [1.82, 2.24) is 0 Å². The second-order valence-electron chi connectivity index (χ2n) is 1.81. The minimum Gasteiger partial charge on any atom is -0.319 e. The third-order valence-corrected chi connectivity index (χ3v) is 1.06. The van der Waals surface area contributed by atoms with Gasteiger partial charge in [0.2, 0.25) is 0 Å². The van der Waals surface area contributed by atoms with Crippen LogP contribution in [0.2, 0.25) is 0 Å². The van der Waals surface area contributed by atoms with Crippen molar-refractivity contribution >= 4 is 0 Å². The summed E-state index contributed by atoms with van der Waals surface area (Å²) in [5.41, 5.74) is 0.327. The van der Waals surface area contributed by atoms with Crippen LogP contribution >= 0.6 is 0 Å². The van der Waals surface area contributed by atoms with Gasteiger partial charge in [-0.3, -0.25) is 0 Å². The monoisotopic (exact) mass is 125 g/mol. The van der Waals surface area contributed by atoms with Gasteiger partial charge >= 0.3 is 0 Å². The number of hydrogen-bond donors (Lipinski definition) is 0. The van der Waals surface area contributed by atoms with Crippen LogP contribution in [0.4, 0.5) is 0 Å². The Labute approximate surface area is 53.5 Å². The molecule has 0 unspecified atom stereocenters. The van der Waals surface area contributed by atoms with Gasteiger partial charge in [0.25, 0.3) is 0 Å². The molecule has 0 atom stereocenters. The molecule has 0 aliphatic carbocycles. The van der Waals surface area contributed by atoms with E-state index in [4.69, 9.17) is 14.7 Å². The molecule has 3 heteroatoms. The highest BCUT2D eigenvalue weighted by molar-refractivity contribution is 5.19. The van der Waals surface area contributed by atoms with Crippen molar-refractivity contribution in [2.45, 2.75) is 19.5 Å². The normalized spacial score (nSPS) is 32.4. The molecule has 0 radical (unpaired) electrons. The Balaban J connectivity index is 2.34. The smallest absolute Gasteiger partial charge is 0.198 e. The quantitative estimate of drug-likeness (QED) is 0.486. The minimum absolute atomic E-state index is 0.180. The number of ether oxygens (including phenoxy) is 2. The first kappa shape index (κ1) is 6.27. The molecular formula is C6H7NO2. The van der Waals surface area contributed by atoms with Gasteiger partial charge in [0.1, 0.15) is 0 Å². The van der Waals surface area contributed by atoms with Crippen molar-refractivity contribution in [1.29, 1.82) is 5.26 Å². The lowest BCUT2D eigenvalue weighted by atomic mass is 10.3. The van der Waals surface area contributed by atoms with E-state index in [1.165, 1.54) is 0 Å². The van der Waals surface area contributed by atoms with Crippen LogP contribution in [0, 0.1) is 11.3 Å². The predicted molar refractivity (Wildman–Crippen MR) is 30.2 cm³/mol. The molecule has 1 saturated heterocycles. The van der Waals surface area contributed by atoms with Crippen LogP contribution in [0.3, 0.4) is 0 Å². The molecule has 9 heavy (non-hydrogen) atoms. The Morgan fingerprint density at radius 2 is 2.22 bits per heavy atom. The van der Waals surface area contributed by atoms with Crippen LogP contribution < -0.4 is 0 Å². The summed E-state index contributed by atoms with van der Waals surface area (Å²) in [6, 6.07) is 1.84. The van der Waals surface area contributed by atoms with Crippen LogP contribution in [0.5, 0.6) is 0 Å². The van der Waals surface area contributed by atoms with E-state index >= 15 is 0 Å². The lowest BCUT2D eigenvalue weighted by Crippen LogP contribution is -2.39. The molecule has 1 fully saturated rings. The summed E-state index contributed by atoms with van der Waals surface area (Å²) < 4.78 is 9.89. The SMILES string of the molecule is C=C(C#N)C1OC(C)O1. The molecular weight excluding hydrogens is 118 g/mol. The number of hydrogen-bond acceptors (Lipinski definition) is 3. The highest BCUT2D eigenvalue weighted by atomic mass is 16.9. The maximum atomic E-state index is 8.25. The molecule has 1 rings (SSSR count). The van der Waals surface area contributed by atoms with Gasteiger partial charge in [-0.05, 0) is 6.92 Å². The van der Waals surface area contributed by atoms with E-state index in [0.29, 0.717) is 5.57 Å². The Morgan fingerprint density at radius 1 is 1.67 bits per heavy atom. The zero-order valence-electron chi connectivity index (χ0n) is 5.13. The molecule has 0 bridgehead atoms. The highest BCUT2D eigenvalue weighted by Crippen LogP contribution is 2.20. The standard InChI is InChI=1S/C6H7NO2/c1-4(3-7)6-8-5(2)9-6/h5-6H,1H2,2H3. The molecule has 0 aromatic rings. The summed E-state index contributed by atoms with van der Waals surface area (Å²) >= 11 is 0. The Bertz CT molecular complexity index is 164. The average molecular weight is 125 g/mol. The van der Waals surface area contributed by atoms with E-state index in [-0.39, 0.29) is 6.29 Å². The first-order valence-corrected chi connectivity index (χ1v) is 2.64. The fourth-order valence-corrected chi connectivity index (χ4v) is 0.575. The summed E-state index contributed by atoms with van der Waals surface area (Å²) in [4.78, 5) is 0. The Hall–Kier alpha value is -0.850. The first-order valence-electron chi connectivity index (χ1n) is 2.64. The van der Waals surface area contributed by atoms with E-state index in [0.717, 1.165) is 0 Å². The minimum atomic E-state index is -0.481. The molecule has 48 valence electrons. The van der Waals surface area contributed by atoms with Gasteiger partial charge in [-0.15, -0.1) is 0 Å². The fraction of sp³-hybridized carbons (Fsp3) is 0.500. The topological polar surface area (TPSA) is 42.2 Å². The van der Waals surface area contributed by atoms with Crippen LogP contribution in [-0.2, 0) is 9.47 Å². The summed E-state index contributed by atoms with van der Waals surface area (Å²) in [5, 5.41) is 8.25. The zero-order chi connectivity index (χ0) is 6.85. The van der Waals surface area contributed by atoms with Crippen LogP contribution in [0.15, 0.2) is 12.2 Å². The van der Waals surface area contributed by atoms with Gasteiger partial charge in [0.05, 0.1) is 11.6 Å². The number of nitriles is 1. The van der Waals surface area contributed by atoms with Crippen LogP contribution in [0.1, 0.15) is 6.92 Å². The third-order valence-electron chi connectivity index (χ3n) is 1.06. The number of nitrogens with zero attached hydrogens (tertiary/aromatic N) is 1. The van der Waals surface area contributed by atoms with Crippen molar-refractivity contribution < 1.29 is 9.47 Å². The van der Waals surface area contributed by atoms with Gasteiger partial charge in [-0.1, -0.05) is 6.58 Å².